The van der Waals surface area contributed by atoms with Gasteiger partial charge in [0.2, 0.25) is 5.91 Å². The molecular formula is C24H26ClN5O3. The molecule has 1 saturated heterocycles. The van der Waals surface area contributed by atoms with Crippen LogP contribution in [0.4, 0.5) is 5.69 Å². The number of likely N-dealkylation sites (N-methyl/N-ethyl adjacent to an activating group) is 1. The van der Waals surface area contributed by atoms with Crippen molar-refractivity contribution in [3.8, 4) is 0 Å². The number of nitro groups is 1. The topological polar surface area (TPSA) is 91.1 Å². The van der Waals surface area contributed by atoms with Gasteiger partial charge in [-0.1, -0.05) is 41.9 Å². The van der Waals surface area contributed by atoms with E-state index >= 15 is 0 Å². The van der Waals surface area contributed by atoms with E-state index in [0.29, 0.717) is 28.4 Å². The zero-order valence-electron chi connectivity index (χ0n) is 18.4. The van der Waals surface area contributed by atoms with Gasteiger partial charge in [0, 0.05) is 56.6 Å². The molecule has 4 rings (SSSR count). The molecule has 9 heteroatoms. The molecule has 2 aromatic carbocycles. The van der Waals surface area contributed by atoms with Crippen molar-refractivity contribution in [3.05, 3.63) is 87.1 Å². The fourth-order valence-electron chi connectivity index (χ4n) is 4.36. The van der Waals surface area contributed by atoms with E-state index in [0.717, 1.165) is 32.7 Å². The maximum absolute atomic E-state index is 13.8. The van der Waals surface area contributed by atoms with Gasteiger partial charge in [0.15, 0.2) is 0 Å². The lowest BCUT2D eigenvalue weighted by molar-refractivity contribution is -0.385. The number of piperazine rings is 1. The quantitative estimate of drug-likeness (QED) is 0.499. The largest absolute Gasteiger partial charge is 0.353 e. The van der Waals surface area contributed by atoms with Gasteiger partial charge < -0.3 is 10.2 Å². The third kappa shape index (κ3) is 4.55. The third-order valence-electron chi connectivity index (χ3n) is 6.22. The van der Waals surface area contributed by atoms with Crippen LogP contribution in [-0.2, 0) is 10.2 Å². The minimum Gasteiger partial charge on any atom is -0.353 e. The van der Waals surface area contributed by atoms with Crippen LogP contribution in [0.25, 0.3) is 0 Å². The second kappa shape index (κ2) is 9.82. The van der Waals surface area contributed by atoms with E-state index in [9.17, 15) is 14.9 Å². The maximum Gasteiger partial charge on any atom is 0.278 e. The highest BCUT2D eigenvalue weighted by molar-refractivity contribution is 6.34. The average Bonchev–Trinajstić information content (AvgIpc) is 3.26. The summed E-state index contributed by atoms with van der Waals surface area (Å²) in [6.07, 6.45) is 3.20. The van der Waals surface area contributed by atoms with Crippen LogP contribution in [0.15, 0.2) is 65.8 Å². The van der Waals surface area contributed by atoms with Crippen LogP contribution in [0.1, 0.15) is 11.1 Å². The van der Waals surface area contributed by atoms with Gasteiger partial charge in [-0.05, 0) is 30.8 Å². The van der Waals surface area contributed by atoms with Crippen LogP contribution >= 0.6 is 11.6 Å². The Morgan fingerprint density at radius 2 is 1.85 bits per heavy atom. The Morgan fingerprint density at radius 3 is 2.58 bits per heavy atom. The lowest BCUT2D eigenvalue weighted by Gasteiger charge is -2.33. The smallest absolute Gasteiger partial charge is 0.278 e. The van der Waals surface area contributed by atoms with Crippen molar-refractivity contribution in [2.75, 3.05) is 46.3 Å². The van der Waals surface area contributed by atoms with Crippen molar-refractivity contribution in [1.82, 2.24) is 15.1 Å². The van der Waals surface area contributed by atoms with E-state index in [1.165, 1.54) is 12.3 Å². The molecule has 2 heterocycles. The molecule has 0 aromatic heterocycles. The minimum absolute atomic E-state index is 0.110. The summed E-state index contributed by atoms with van der Waals surface area (Å²) in [7, 11) is 2.10. The molecule has 2 aliphatic rings. The summed E-state index contributed by atoms with van der Waals surface area (Å²) in [5, 5.41) is 15.2. The lowest BCUT2D eigenvalue weighted by Crippen LogP contribution is -2.51. The van der Waals surface area contributed by atoms with Gasteiger partial charge in [0.05, 0.1) is 16.2 Å². The molecule has 172 valence electrons. The number of rotatable bonds is 7. The molecule has 1 amide bonds. The molecule has 0 aliphatic carbocycles. The Morgan fingerprint density at radius 1 is 1.15 bits per heavy atom. The molecule has 2 aromatic rings. The third-order valence-corrected chi connectivity index (χ3v) is 6.55. The average molecular weight is 468 g/mol. The van der Waals surface area contributed by atoms with E-state index < -0.39 is 10.3 Å². The summed E-state index contributed by atoms with van der Waals surface area (Å²) in [5.74, 6) is -0.310. The number of amides is 1. The number of halogens is 1. The number of carbonyl (C=O) groups is 1. The highest BCUT2D eigenvalue weighted by Gasteiger charge is 2.48. The van der Waals surface area contributed by atoms with Gasteiger partial charge in [-0.3, -0.25) is 24.8 Å². The van der Waals surface area contributed by atoms with E-state index in [1.54, 1.807) is 48.5 Å². The Hall–Kier alpha value is -3.07. The van der Waals surface area contributed by atoms with Crippen molar-refractivity contribution < 1.29 is 9.72 Å². The molecular weight excluding hydrogens is 442 g/mol. The van der Waals surface area contributed by atoms with Crippen LogP contribution in [0, 0.1) is 10.1 Å². The minimum atomic E-state index is -1.37. The zero-order valence-corrected chi connectivity index (χ0v) is 19.2. The number of hydrogen-bond donors (Lipinski definition) is 1. The number of benzene rings is 2. The molecule has 1 unspecified atom stereocenters. The van der Waals surface area contributed by atoms with Crippen molar-refractivity contribution in [2.24, 2.45) is 4.99 Å². The number of nitrogens with one attached hydrogen (secondary N) is 1. The van der Waals surface area contributed by atoms with Gasteiger partial charge in [-0.25, -0.2) is 0 Å². The summed E-state index contributed by atoms with van der Waals surface area (Å²) in [4.78, 5) is 34.1. The van der Waals surface area contributed by atoms with E-state index in [4.69, 9.17) is 11.6 Å². The predicted octanol–water partition coefficient (Wildman–Crippen LogP) is 2.87. The summed E-state index contributed by atoms with van der Waals surface area (Å²) >= 11 is 6.55. The summed E-state index contributed by atoms with van der Waals surface area (Å²) in [6.45, 7) is 5.06. The molecule has 1 atom stereocenters. The first kappa shape index (κ1) is 23.1. The second-order valence-electron chi connectivity index (χ2n) is 8.26. The molecule has 1 N–H and O–H groups in total. The summed E-state index contributed by atoms with van der Waals surface area (Å²) < 4.78 is 0. The van der Waals surface area contributed by atoms with E-state index in [2.05, 4.69) is 27.2 Å². The van der Waals surface area contributed by atoms with Crippen LogP contribution in [0.2, 0.25) is 5.02 Å². The first-order chi connectivity index (χ1) is 15.9. The van der Waals surface area contributed by atoms with Crippen LogP contribution < -0.4 is 5.32 Å². The first-order valence-corrected chi connectivity index (χ1v) is 11.3. The number of carbonyl (C=O) groups excluding carboxylic acids is 1. The van der Waals surface area contributed by atoms with Crippen LogP contribution in [-0.4, -0.2) is 72.7 Å². The number of nitrogens with zero attached hydrogens (tertiary/aromatic N) is 4. The molecule has 0 saturated carbocycles. The lowest BCUT2D eigenvalue weighted by atomic mass is 9.73. The van der Waals surface area contributed by atoms with E-state index in [-0.39, 0.29) is 11.6 Å². The number of para-hydroxylation sites is 1. The molecule has 0 spiro atoms. The number of nitro benzene ring substituents is 1. The number of hydrogen-bond acceptors (Lipinski definition) is 6. The van der Waals surface area contributed by atoms with Crippen molar-refractivity contribution in [1.29, 1.82) is 0 Å². The Kier molecular flexibility index (Phi) is 6.88. The van der Waals surface area contributed by atoms with Crippen molar-refractivity contribution in [2.45, 2.75) is 5.41 Å². The Labute approximate surface area is 197 Å². The molecule has 0 radical (unpaired) electrons. The molecule has 0 bridgehead atoms. The second-order valence-corrected chi connectivity index (χ2v) is 8.66. The monoisotopic (exact) mass is 467 g/mol. The Balaban J connectivity index is 1.66. The summed E-state index contributed by atoms with van der Waals surface area (Å²) in [6, 6.07) is 13.4. The van der Waals surface area contributed by atoms with Gasteiger partial charge in [-0.15, -0.1) is 0 Å². The zero-order chi connectivity index (χ0) is 23.4. The summed E-state index contributed by atoms with van der Waals surface area (Å²) in [5.41, 5.74) is -0.357. The van der Waals surface area contributed by atoms with E-state index in [1.807, 2.05) is 0 Å². The maximum atomic E-state index is 13.8. The van der Waals surface area contributed by atoms with Crippen LogP contribution in [0.3, 0.4) is 0 Å². The first-order valence-electron chi connectivity index (χ1n) is 10.9. The highest BCUT2D eigenvalue weighted by Crippen LogP contribution is 2.40. The SMILES string of the molecule is CN1CCN(CCNC(=O)C2(c3ccccc3Cl)C=CN=C2c2ccccc2[N+](=O)[O-])CC1. The van der Waals surface area contributed by atoms with Crippen LogP contribution in [0.5, 0.6) is 0 Å². The standard InChI is InChI=1S/C24H26ClN5O3/c1-28-14-16-29(17-15-28)13-12-27-23(31)24(19-7-3-4-8-20(19)25)10-11-26-22(24)18-6-2-5-9-21(18)30(32)33/h2-11H,12-17H2,1H3,(H,27,31). The fraction of sp³-hybridized carbons (Fsp3) is 0.333. The molecule has 2 aliphatic heterocycles. The highest BCUT2D eigenvalue weighted by atomic mass is 35.5. The molecule has 1 fully saturated rings. The number of aliphatic imine (C=N–C) groups is 1. The fourth-order valence-corrected chi connectivity index (χ4v) is 4.65. The Bertz CT molecular complexity index is 1110. The van der Waals surface area contributed by atoms with Gasteiger partial charge in [-0.2, -0.15) is 0 Å². The van der Waals surface area contributed by atoms with Gasteiger partial charge in [0.25, 0.3) is 5.69 Å². The normalized spacial score (nSPS) is 21.1. The van der Waals surface area contributed by atoms with Crippen molar-refractivity contribution >= 4 is 28.9 Å². The molecule has 33 heavy (non-hydrogen) atoms. The molecule has 8 nitrogen and oxygen atoms in total. The predicted molar refractivity (Wildman–Crippen MR) is 129 cm³/mol. The van der Waals surface area contributed by atoms with Gasteiger partial charge >= 0.3 is 0 Å². The van der Waals surface area contributed by atoms with Gasteiger partial charge in [0.1, 0.15) is 5.41 Å². The van der Waals surface area contributed by atoms with Crippen molar-refractivity contribution in [3.63, 3.8) is 0 Å².